The fraction of sp³-hybridized carbons (Fsp3) is 0.400. The molecule has 0 aromatic rings. The van der Waals surface area contributed by atoms with Crippen molar-refractivity contribution in [2.24, 2.45) is 5.73 Å². The highest BCUT2D eigenvalue weighted by molar-refractivity contribution is 9.39. The van der Waals surface area contributed by atoms with Crippen LogP contribution >= 0.6 is 47.8 Å². The van der Waals surface area contributed by atoms with Gasteiger partial charge in [0.15, 0.2) is 2.14 Å². The Morgan fingerprint density at radius 2 is 1.62 bits per heavy atom. The van der Waals surface area contributed by atoms with Crippen LogP contribution in [0, 0.1) is 0 Å². The van der Waals surface area contributed by atoms with Gasteiger partial charge in [0, 0.05) is 6.08 Å². The van der Waals surface area contributed by atoms with Crippen LogP contribution in [0.25, 0.3) is 0 Å². The van der Waals surface area contributed by atoms with Crippen molar-refractivity contribution in [3.05, 3.63) is 11.6 Å². The van der Waals surface area contributed by atoms with Gasteiger partial charge in [-0.15, -0.1) is 0 Å². The number of hydrogen-bond donors (Lipinski definition) is 1. The largest absolute Gasteiger partial charge is 0.415 e. The van der Waals surface area contributed by atoms with Crippen molar-refractivity contribution in [2.75, 3.05) is 0 Å². The molecule has 0 spiro atoms. The average molecular weight is 390 g/mol. The summed E-state index contributed by atoms with van der Waals surface area (Å²) in [5.74, 6) is -1.17. The molecular formula is C5H3Br3F3NO. The maximum Gasteiger partial charge on any atom is 0.415 e. The van der Waals surface area contributed by atoms with Crippen molar-refractivity contribution >= 4 is 53.7 Å². The van der Waals surface area contributed by atoms with E-state index in [1.165, 1.54) is 0 Å². The molecule has 0 aromatic carbocycles. The van der Waals surface area contributed by atoms with Gasteiger partial charge >= 0.3 is 6.18 Å². The molecule has 0 atom stereocenters. The lowest BCUT2D eigenvalue weighted by Gasteiger charge is -2.19. The van der Waals surface area contributed by atoms with E-state index >= 15 is 0 Å². The highest BCUT2D eigenvalue weighted by Gasteiger charge is 2.44. The smallest absolute Gasteiger partial charge is 0.366 e. The summed E-state index contributed by atoms with van der Waals surface area (Å²) in [5.41, 5.74) is 3.45. The zero-order chi connectivity index (χ0) is 10.9. The van der Waals surface area contributed by atoms with Crippen LogP contribution in [0.4, 0.5) is 13.2 Å². The molecule has 0 aliphatic carbocycles. The fourth-order valence-electron chi connectivity index (χ4n) is 0.467. The summed E-state index contributed by atoms with van der Waals surface area (Å²) in [6.07, 6.45) is -4.36. The average Bonchev–Trinajstić information content (AvgIpc) is 1.77. The van der Waals surface area contributed by atoms with Crippen LogP contribution in [-0.2, 0) is 4.79 Å². The van der Waals surface area contributed by atoms with Crippen LogP contribution in [0.2, 0.25) is 0 Å². The number of amides is 1. The molecule has 0 bridgehead atoms. The molecule has 0 radical (unpaired) electrons. The Bertz CT molecular complexity index is 226. The van der Waals surface area contributed by atoms with E-state index in [4.69, 9.17) is 0 Å². The number of hydrogen-bond acceptors (Lipinski definition) is 1. The summed E-state index contributed by atoms with van der Waals surface area (Å²) in [6, 6.07) is 0. The summed E-state index contributed by atoms with van der Waals surface area (Å²) in [6.45, 7) is 0. The van der Waals surface area contributed by atoms with E-state index in [9.17, 15) is 18.0 Å². The first-order valence-electron chi connectivity index (χ1n) is 2.70. The Hall–Kier alpha value is 0.440. The summed E-state index contributed by atoms with van der Waals surface area (Å²) in [5, 5.41) is 0. The lowest BCUT2D eigenvalue weighted by molar-refractivity contribution is -0.115. The van der Waals surface area contributed by atoms with Crippen molar-refractivity contribution in [3.63, 3.8) is 0 Å². The van der Waals surface area contributed by atoms with Gasteiger partial charge in [-0.05, 0) is 0 Å². The van der Waals surface area contributed by atoms with Gasteiger partial charge in [-0.2, -0.15) is 13.2 Å². The predicted octanol–water partition coefficient (Wildman–Crippen LogP) is 2.80. The third kappa shape index (κ3) is 5.02. The van der Waals surface area contributed by atoms with Crippen molar-refractivity contribution < 1.29 is 18.0 Å². The van der Waals surface area contributed by atoms with E-state index in [2.05, 4.69) is 53.5 Å². The number of primary amides is 1. The minimum Gasteiger partial charge on any atom is -0.366 e. The second-order valence-corrected chi connectivity index (χ2v) is 8.72. The quantitative estimate of drug-likeness (QED) is 0.544. The molecule has 8 heteroatoms. The third-order valence-corrected chi connectivity index (χ3v) is 2.18. The molecule has 76 valence electrons. The predicted molar refractivity (Wildman–Crippen MR) is 52.8 cm³/mol. The topological polar surface area (TPSA) is 43.1 Å². The van der Waals surface area contributed by atoms with Gasteiger partial charge in [-0.1, -0.05) is 47.8 Å². The highest BCUT2D eigenvalue weighted by Crippen LogP contribution is 2.47. The Morgan fingerprint density at radius 3 is 1.69 bits per heavy atom. The standard InChI is InChI=1S/C5H3Br3F3NO/c6-4(7,8)2(1-3(12)13)5(9,10)11/h1H,(H2,12,13)/b2-1+. The first kappa shape index (κ1) is 13.4. The number of rotatable bonds is 1. The van der Waals surface area contributed by atoms with Gasteiger partial charge in [0.1, 0.15) is 0 Å². The number of alkyl halides is 6. The molecule has 0 aliphatic rings. The summed E-state index contributed by atoms with van der Waals surface area (Å²) < 4.78 is 34.9. The molecule has 0 rings (SSSR count). The van der Waals surface area contributed by atoms with Crippen molar-refractivity contribution in [2.45, 2.75) is 8.32 Å². The van der Waals surface area contributed by atoms with E-state index in [1.807, 2.05) is 0 Å². The zero-order valence-corrected chi connectivity index (χ0v) is 10.6. The normalized spacial score (nSPS) is 14.5. The Balaban J connectivity index is 5.13. The molecule has 1 amide bonds. The maximum absolute atomic E-state index is 12.2. The molecule has 0 aliphatic heterocycles. The van der Waals surface area contributed by atoms with Crippen LogP contribution in [0.3, 0.4) is 0 Å². The van der Waals surface area contributed by atoms with E-state index in [-0.39, 0.29) is 6.08 Å². The minimum atomic E-state index is -4.65. The molecule has 0 fully saturated rings. The second-order valence-electron chi connectivity index (χ2n) is 1.96. The lowest BCUT2D eigenvalue weighted by atomic mass is 10.3. The maximum atomic E-state index is 12.2. The van der Waals surface area contributed by atoms with E-state index in [0.29, 0.717) is 0 Å². The first-order chi connectivity index (χ1) is 5.55. The third-order valence-electron chi connectivity index (χ3n) is 0.897. The van der Waals surface area contributed by atoms with Gasteiger partial charge in [0.05, 0.1) is 5.57 Å². The molecule has 13 heavy (non-hydrogen) atoms. The van der Waals surface area contributed by atoms with Crippen molar-refractivity contribution in [3.8, 4) is 0 Å². The molecule has 0 unspecified atom stereocenters. The fourth-order valence-corrected chi connectivity index (χ4v) is 1.48. The molecule has 2 N–H and O–H groups in total. The Morgan fingerprint density at radius 1 is 1.23 bits per heavy atom. The van der Waals surface area contributed by atoms with E-state index in [0.717, 1.165) is 0 Å². The molecule has 0 aromatic heterocycles. The lowest BCUT2D eigenvalue weighted by Crippen LogP contribution is -2.25. The van der Waals surface area contributed by atoms with Gasteiger partial charge in [-0.25, -0.2) is 0 Å². The molecule has 0 saturated carbocycles. The zero-order valence-electron chi connectivity index (χ0n) is 5.83. The number of carbonyl (C=O) groups is 1. The summed E-state index contributed by atoms with van der Waals surface area (Å²) in [4.78, 5) is 10.3. The Kier molecular flexibility index (Phi) is 4.45. The molecule has 0 saturated heterocycles. The van der Waals surface area contributed by atoms with Crippen LogP contribution in [-0.4, -0.2) is 14.2 Å². The van der Waals surface area contributed by atoms with Crippen LogP contribution in [0.15, 0.2) is 11.6 Å². The van der Waals surface area contributed by atoms with Gasteiger partial charge in [0.25, 0.3) is 0 Å². The number of halogens is 6. The first-order valence-corrected chi connectivity index (χ1v) is 5.08. The molecular weight excluding hydrogens is 387 g/mol. The van der Waals surface area contributed by atoms with Crippen molar-refractivity contribution in [1.82, 2.24) is 0 Å². The van der Waals surface area contributed by atoms with Gasteiger partial charge < -0.3 is 5.73 Å². The monoisotopic (exact) mass is 387 g/mol. The summed E-state index contributed by atoms with van der Waals surface area (Å²) >= 11 is 7.94. The van der Waals surface area contributed by atoms with Crippen LogP contribution < -0.4 is 5.73 Å². The Labute approximate surface area is 97.1 Å². The molecule has 2 nitrogen and oxygen atoms in total. The molecule has 0 heterocycles. The van der Waals surface area contributed by atoms with Crippen LogP contribution in [0.1, 0.15) is 0 Å². The second kappa shape index (κ2) is 4.31. The minimum absolute atomic E-state index is 0.290. The van der Waals surface area contributed by atoms with Gasteiger partial charge in [-0.3, -0.25) is 4.79 Å². The van der Waals surface area contributed by atoms with Crippen molar-refractivity contribution in [1.29, 1.82) is 0 Å². The van der Waals surface area contributed by atoms with Gasteiger partial charge in [0.2, 0.25) is 5.91 Å². The number of carbonyl (C=O) groups excluding carboxylic acids is 1. The van der Waals surface area contributed by atoms with E-state index < -0.39 is 19.8 Å². The number of allylic oxidation sites excluding steroid dienone is 1. The van der Waals surface area contributed by atoms with Crippen LogP contribution in [0.5, 0.6) is 0 Å². The summed E-state index contributed by atoms with van der Waals surface area (Å²) in [7, 11) is 0. The van der Waals surface area contributed by atoms with E-state index in [1.54, 1.807) is 0 Å². The highest BCUT2D eigenvalue weighted by atomic mass is 80.0. The SMILES string of the molecule is NC(=O)/C=C(/C(F)(F)F)C(Br)(Br)Br. The number of nitrogens with two attached hydrogens (primary N) is 1.